The van der Waals surface area contributed by atoms with E-state index in [0.29, 0.717) is 18.0 Å². The molecule has 1 fully saturated rings. The summed E-state index contributed by atoms with van der Waals surface area (Å²) in [6.07, 6.45) is 7.77. The number of Topliss-reactive ketones (excluding diaryl/α,β-unsaturated/α-hetero) is 1. The molecule has 3 nitrogen and oxygen atoms in total. The maximum atomic E-state index is 12.3. The number of halogens is 1. The molecule has 1 aromatic rings. The fraction of sp³-hybridized carbons (Fsp3) is 0.556. The third kappa shape index (κ3) is 4.94. The number of nitrogens with zero attached hydrogens (tertiary/aromatic N) is 1. The summed E-state index contributed by atoms with van der Waals surface area (Å²) in [4.78, 5) is 26.3. The van der Waals surface area contributed by atoms with Gasteiger partial charge < -0.3 is 4.90 Å². The molecule has 1 amide bonds. The van der Waals surface area contributed by atoms with E-state index in [1.54, 1.807) is 12.1 Å². The molecule has 2 rings (SSSR count). The molecule has 0 bridgehead atoms. The molecule has 0 spiro atoms. The van der Waals surface area contributed by atoms with Crippen LogP contribution in [0.1, 0.15) is 61.7 Å². The van der Waals surface area contributed by atoms with E-state index in [0.717, 1.165) is 17.3 Å². The van der Waals surface area contributed by atoms with E-state index in [9.17, 15) is 9.59 Å². The van der Waals surface area contributed by atoms with Crippen molar-refractivity contribution >= 4 is 27.6 Å². The molecule has 120 valence electrons. The van der Waals surface area contributed by atoms with Crippen molar-refractivity contribution in [2.24, 2.45) is 0 Å². The summed E-state index contributed by atoms with van der Waals surface area (Å²) in [6, 6.07) is 7.66. The fourth-order valence-corrected chi connectivity index (χ4v) is 3.29. The Morgan fingerprint density at radius 2 is 1.64 bits per heavy atom. The highest BCUT2D eigenvalue weighted by Gasteiger charge is 2.21. The van der Waals surface area contributed by atoms with Gasteiger partial charge in [0.05, 0.1) is 0 Å². The van der Waals surface area contributed by atoms with E-state index in [2.05, 4.69) is 15.9 Å². The second-order valence-corrected chi connectivity index (χ2v) is 7.00. The lowest BCUT2D eigenvalue weighted by atomic mass is 10.0. The monoisotopic (exact) mass is 365 g/mol. The molecular weight excluding hydrogens is 342 g/mol. The Morgan fingerprint density at radius 1 is 1.05 bits per heavy atom. The highest BCUT2D eigenvalue weighted by molar-refractivity contribution is 9.10. The number of benzene rings is 1. The Bertz CT molecular complexity index is 504. The van der Waals surface area contributed by atoms with Crippen molar-refractivity contribution in [3.8, 4) is 0 Å². The van der Waals surface area contributed by atoms with Gasteiger partial charge in [-0.1, -0.05) is 53.7 Å². The molecule has 1 aliphatic rings. The quantitative estimate of drug-likeness (QED) is 0.565. The third-order valence-electron chi connectivity index (χ3n) is 4.50. The number of hydrogen-bond acceptors (Lipinski definition) is 2. The van der Waals surface area contributed by atoms with Crippen molar-refractivity contribution in [1.29, 1.82) is 0 Å². The zero-order valence-electron chi connectivity index (χ0n) is 13.2. The second kappa shape index (κ2) is 8.47. The maximum Gasteiger partial charge on any atom is 0.223 e. The van der Waals surface area contributed by atoms with E-state index in [4.69, 9.17) is 0 Å². The largest absolute Gasteiger partial charge is 0.343 e. The van der Waals surface area contributed by atoms with Crippen LogP contribution in [-0.2, 0) is 4.79 Å². The fourth-order valence-electron chi connectivity index (χ4n) is 3.03. The first-order chi connectivity index (χ1) is 10.6. The molecule has 22 heavy (non-hydrogen) atoms. The SMILES string of the molecule is CN(C(=O)CCC(=O)c1ccc(Br)cc1)C1CCCCCC1. The summed E-state index contributed by atoms with van der Waals surface area (Å²) in [5.74, 6) is 0.132. The van der Waals surface area contributed by atoms with Crippen LogP contribution < -0.4 is 0 Å². The van der Waals surface area contributed by atoms with Crippen molar-refractivity contribution in [3.63, 3.8) is 0 Å². The van der Waals surface area contributed by atoms with Crippen molar-refractivity contribution < 1.29 is 9.59 Å². The van der Waals surface area contributed by atoms with Gasteiger partial charge in [-0.15, -0.1) is 0 Å². The Morgan fingerprint density at radius 3 is 2.23 bits per heavy atom. The first kappa shape index (κ1) is 17.2. The predicted octanol–water partition coefficient (Wildman–Crippen LogP) is 4.59. The normalized spacial score (nSPS) is 16.1. The zero-order chi connectivity index (χ0) is 15.9. The van der Waals surface area contributed by atoms with Crippen LogP contribution in [0.5, 0.6) is 0 Å². The van der Waals surface area contributed by atoms with Gasteiger partial charge in [-0.05, 0) is 25.0 Å². The summed E-state index contributed by atoms with van der Waals surface area (Å²) < 4.78 is 0.952. The summed E-state index contributed by atoms with van der Waals surface area (Å²) in [5, 5.41) is 0. The van der Waals surface area contributed by atoms with Gasteiger partial charge in [0.1, 0.15) is 0 Å². The van der Waals surface area contributed by atoms with E-state index in [-0.39, 0.29) is 18.1 Å². The standard InChI is InChI=1S/C18H24BrNO2/c1-20(16-6-4-2-3-5-7-16)18(22)13-12-17(21)14-8-10-15(19)11-9-14/h8-11,16H,2-7,12-13H2,1H3. The summed E-state index contributed by atoms with van der Waals surface area (Å²) >= 11 is 3.35. The van der Waals surface area contributed by atoms with Gasteiger partial charge in [0.25, 0.3) is 0 Å². The van der Waals surface area contributed by atoms with Gasteiger partial charge in [-0.2, -0.15) is 0 Å². The molecule has 0 heterocycles. The molecule has 1 aromatic carbocycles. The van der Waals surface area contributed by atoms with Crippen LogP contribution in [0.2, 0.25) is 0 Å². The van der Waals surface area contributed by atoms with Crippen LogP contribution in [0.4, 0.5) is 0 Å². The Kier molecular flexibility index (Phi) is 6.62. The highest BCUT2D eigenvalue weighted by atomic mass is 79.9. The number of rotatable bonds is 5. The summed E-state index contributed by atoms with van der Waals surface area (Å²) in [5.41, 5.74) is 0.674. The van der Waals surface area contributed by atoms with Crippen molar-refractivity contribution in [3.05, 3.63) is 34.3 Å². The van der Waals surface area contributed by atoms with Crippen LogP contribution in [-0.4, -0.2) is 29.7 Å². The lowest BCUT2D eigenvalue weighted by molar-refractivity contribution is -0.132. The second-order valence-electron chi connectivity index (χ2n) is 6.08. The third-order valence-corrected chi connectivity index (χ3v) is 5.03. The molecule has 1 aliphatic carbocycles. The van der Waals surface area contributed by atoms with Crippen LogP contribution in [0.25, 0.3) is 0 Å². The Balaban J connectivity index is 1.83. The molecule has 0 aliphatic heterocycles. The molecule has 1 saturated carbocycles. The first-order valence-corrected chi connectivity index (χ1v) is 8.91. The van der Waals surface area contributed by atoms with Gasteiger partial charge in [-0.25, -0.2) is 0 Å². The number of hydrogen-bond donors (Lipinski definition) is 0. The van der Waals surface area contributed by atoms with Crippen molar-refractivity contribution in [2.75, 3.05) is 7.05 Å². The molecule has 0 saturated heterocycles. The number of carbonyl (C=O) groups is 2. The van der Waals surface area contributed by atoms with Crippen LogP contribution in [0.3, 0.4) is 0 Å². The summed E-state index contributed by atoms with van der Waals surface area (Å²) in [7, 11) is 1.89. The number of ketones is 1. The smallest absolute Gasteiger partial charge is 0.223 e. The molecule has 0 radical (unpaired) electrons. The Labute approximate surface area is 141 Å². The van der Waals surface area contributed by atoms with Crippen LogP contribution in [0.15, 0.2) is 28.7 Å². The topological polar surface area (TPSA) is 37.4 Å². The van der Waals surface area contributed by atoms with E-state index < -0.39 is 0 Å². The Hall–Kier alpha value is -1.16. The molecule has 0 atom stereocenters. The van der Waals surface area contributed by atoms with Gasteiger partial charge in [0, 0.05) is 36.0 Å². The molecule has 0 N–H and O–H groups in total. The van der Waals surface area contributed by atoms with E-state index in [1.165, 1.54) is 25.7 Å². The average molecular weight is 366 g/mol. The van der Waals surface area contributed by atoms with Gasteiger partial charge >= 0.3 is 0 Å². The molecule has 4 heteroatoms. The lowest BCUT2D eigenvalue weighted by Crippen LogP contribution is -2.36. The molecular formula is C18H24BrNO2. The minimum atomic E-state index is 0.0371. The lowest BCUT2D eigenvalue weighted by Gasteiger charge is -2.27. The number of carbonyl (C=O) groups excluding carboxylic acids is 2. The molecule has 0 aromatic heterocycles. The van der Waals surface area contributed by atoms with Gasteiger partial charge in [0.2, 0.25) is 5.91 Å². The zero-order valence-corrected chi connectivity index (χ0v) is 14.8. The first-order valence-electron chi connectivity index (χ1n) is 8.12. The van der Waals surface area contributed by atoms with E-state index in [1.807, 2.05) is 24.1 Å². The maximum absolute atomic E-state index is 12.3. The summed E-state index contributed by atoms with van der Waals surface area (Å²) in [6.45, 7) is 0. The number of amides is 1. The highest BCUT2D eigenvalue weighted by Crippen LogP contribution is 2.22. The van der Waals surface area contributed by atoms with Gasteiger partial charge in [-0.3, -0.25) is 9.59 Å². The minimum absolute atomic E-state index is 0.0371. The van der Waals surface area contributed by atoms with Gasteiger partial charge in [0.15, 0.2) is 5.78 Å². The molecule has 0 unspecified atom stereocenters. The van der Waals surface area contributed by atoms with E-state index >= 15 is 0 Å². The van der Waals surface area contributed by atoms with Crippen LogP contribution in [0, 0.1) is 0 Å². The van der Waals surface area contributed by atoms with Crippen molar-refractivity contribution in [1.82, 2.24) is 4.90 Å². The minimum Gasteiger partial charge on any atom is -0.343 e. The predicted molar refractivity (Wildman–Crippen MR) is 92.0 cm³/mol. The van der Waals surface area contributed by atoms with Crippen LogP contribution >= 0.6 is 15.9 Å². The van der Waals surface area contributed by atoms with Crippen molar-refractivity contribution in [2.45, 2.75) is 57.4 Å². The average Bonchev–Trinajstić information content (AvgIpc) is 2.81.